The van der Waals surface area contributed by atoms with Gasteiger partial charge in [0.1, 0.15) is 6.10 Å². The minimum absolute atomic E-state index is 0.0966. The minimum Gasteiger partial charge on any atom is -0.390 e. The molecule has 0 radical (unpaired) electrons. The van der Waals surface area contributed by atoms with Gasteiger partial charge in [0, 0.05) is 5.92 Å². The molecule has 0 spiro atoms. The SMILES string of the molecule is CC1C(O)[C@H](O)OC[C@H]1O. The summed E-state index contributed by atoms with van der Waals surface area (Å²) in [6.45, 7) is 1.76. The third kappa shape index (κ3) is 1.29. The van der Waals surface area contributed by atoms with E-state index in [9.17, 15) is 0 Å². The van der Waals surface area contributed by atoms with Crippen LogP contribution in [0, 0.1) is 5.92 Å². The highest BCUT2D eigenvalue weighted by Crippen LogP contribution is 2.18. The Kier molecular flexibility index (Phi) is 2.25. The van der Waals surface area contributed by atoms with Crippen molar-refractivity contribution in [2.75, 3.05) is 6.61 Å². The lowest BCUT2D eigenvalue weighted by molar-refractivity contribution is -0.233. The van der Waals surface area contributed by atoms with Crippen molar-refractivity contribution < 1.29 is 20.1 Å². The topological polar surface area (TPSA) is 69.9 Å². The Bertz CT molecular complexity index is 102. The maximum atomic E-state index is 9.08. The predicted octanol–water partition coefficient (Wildman–Crippen LogP) is -1.31. The van der Waals surface area contributed by atoms with E-state index in [4.69, 9.17) is 15.3 Å². The van der Waals surface area contributed by atoms with E-state index in [1.807, 2.05) is 0 Å². The summed E-state index contributed by atoms with van der Waals surface area (Å²) in [5.74, 6) is -0.316. The molecule has 1 rings (SSSR count). The van der Waals surface area contributed by atoms with Crippen LogP contribution in [0.5, 0.6) is 0 Å². The van der Waals surface area contributed by atoms with Gasteiger partial charge >= 0.3 is 0 Å². The van der Waals surface area contributed by atoms with Gasteiger partial charge in [-0.1, -0.05) is 6.92 Å². The summed E-state index contributed by atoms with van der Waals surface area (Å²) in [4.78, 5) is 0. The number of ether oxygens (including phenoxy) is 1. The first kappa shape index (κ1) is 7.94. The first-order chi connectivity index (χ1) is 4.63. The molecule has 1 saturated heterocycles. The van der Waals surface area contributed by atoms with Gasteiger partial charge in [-0.2, -0.15) is 0 Å². The third-order valence-corrected chi connectivity index (χ3v) is 1.88. The number of hydrogen-bond acceptors (Lipinski definition) is 4. The molecule has 0 amide bonds. The Morgan fingerprint density at radius 1 is 1.30 bits per heavy atom. The van der Waals surface area contributed by atoms with E-state index in [-0.39, 0.29) is 12.5 Å². The highest BCUT2D eigenvalue weighted by atomic mass is 16.6. The van der Waals surface area contributed by atoms with Crippen molar-refractivity contribution in [3.8, 4) is 0 Å². The van der Waals surface area contributed by atoms with E-state index < -0.39 is 18.5 Å². The van der Waals surface area contributed by atoms with Crippen LogP contribution in [0.2, 0.25) is 0 Å². The molecule has 0 saturated carbocycles. The first-order valence-electron chi connectivity index (χ1n) is 3.28. The minimum atomic E-state index is -1.14. The van der Waals surface area contributed by atoms with Crippen LogP contribution in [0.4, 0.5) is 0 Å². The maximum absolute atomic E-state index is 9.08. The summed E-state index contributed by atoms with van der Waals surface area (Å²) in [6.07, 6.45) is -2.78. The highest BCUT2D eigenvalue weighted by Gasteiger charge is 2.34. The number of aliphatic hydroxyl groups is 3. The summed E-state index contributed by atoms with van der Waals surface area (Å²) in [6, 6.07) is 0. The number of hydrogen-bond donors (Lipinski definition) is 3. The van der Waals surface area contributed by atoms with E-state index in [1.54, 1.807) is 6.92 Å². The lowest BCUT2D eigenvalue weighted by atomic mass is 9.96. The number of rotatable bonds is 0. The van der Waals surface area contributed by atoms with Gasteiger partial charge in [-0.05, 0) is 0 Å². The summed E-state index contributed by atoms with van der Waals surface area (Å²) in [7, 11) is 0. The summed E-state index contributed by atoms with van der Waals surface area (Å²) < 4.78 is 4.63. The predicted molar refractivity (Wildman–Crippen MR) is 33.1 cm³/mol. The highest BCUT2D eigenvalue weighted by molar-refractivity contribution is 4.78. The second-order valence-corrected chi connectivity index (χ2v) is 2.64. The summed E-state index contributed by atoms with van der Waals surface area (Å²) >= 11 is 0. The average Bonchev–Trinajstić information content (AvgIpc) is 1.93. The summed E-state index contributed by atoms with van der Waals surface area (Å²) in [5.41, 5.74) is 0. The second-order valence-electron chi connectivity index (χ2n) is 2.64. The van der Waals surface area contributed by atoms with Crippen molar-refractivity contribution >= 4 is 0 Å². The quantitative estimate of drug-likeness (QED) is 0.399. The Morgan fingerprint density at radius 2 is 1.90 bits per heavy atom. The molecule has 2 unspecified atom stereocenters. The monoisotopic (exact) mass is 148 g/mol. The molecule has 0 aromatic carbocycles. The number of aliphatic hydroxyl groups excluding tert-OH is 3. The van der Waals surface area contributed by atoms with Gasteiger partial charge < -0.3 is 20.1 Å². The molecule has 1 aliphatic rings. The molecule has 0 aromatic heterocycles. The smallest absolute Gasteiger partial charge is 0.181 e. The van der Waals surface area contributed by atoms with Gasteiger partial charge in [0.25, 0.3) is 0 Å². The van der Waals surface area contributed by atoms with Crippen LogP contribution in [0.1, 0.15) is 6.92 Å². The van der Waals surface area contributed by atoms with Gasteiger partial charge in [-0.15, -0.1) is 0 Å². The van der Waals surface area contributed by atoms with E-state index in [1.165, 1.54) is 0 Å². The van der Waals surface area contributed by atoms with Crippen molar-refractivity contribution in [1.29, 1.82) is 0 Å². The zero-order valence-electron chi connectivity index (χ0n) is 5.77. The van der Waals surface area contributed by atoms with Gasteiger partial charge in [0.05, 0.1) is 12.7 Å². The normalized spacial score (nSPS) is 49.2. The standard InChI is InChI=1S/C6H12O4/c1-3-4(7)2-10-6(9)5(3)8/h3-9H,2H2,1H3/t3?,4-,5?,6-/m1/s1. The van der Waals surface area contributed by atoms with Crippen molar-refractivity contribution in [2.24, 2.45) is 5.92 Å². The molecular weight excluding hydrogens is 136 g/mol. The maximum Gasteiger partial charge on any atom is 0.181 e. The molecule has 4 nitrogen and oxygen atoms in total. The Balaban J connectivity index is 2.52. The van der Waals surface area contributed by atoms with Crippen LogP contribution in [-0.4, -0.2) is 40.4 Å². The van der Waals surface area contributed by atoms with Crippen LogP contribution in [0.3, 0.4) is 0 Å². The Hall–Kier alpha value is -0.160. The van der Waals surface area contributed by atoms with Crippen LogP contribution in [0.25, 0.3) is 0 Å². The van der Waals surface area contributed by atoms with Gasteiger partial charge in [0.2, 0.25) is 0 Å². The van der Waals surface area contributed by atoms with Gasteiger partial charge in [-0.25, -0.2) is 0 Å². The molecule has 1 heterocycles. The zero-order chi connectivity index (χ0) is 7.72. The van der Waals surface area contributed by atoms with E-state index >= 15 is 0 Å². The fourth-order valence-corrected chi connectivity index (χ4v) is 0.935. The molecule has 10 heavy (non-hydrogen) atoms. The van der Waals surface area contributed by atoms with Gasteiger partial charge in [0.15, 0.2) is 6.29 Å². The van der Waals surface area contributed by atoms with Crippen LogP contribution >= 0.6 is 0 Å². The van der Waals surface area contributed by atoms with Gasteiger partial charge in [-0.3, -0.25) is 0 Å². The van der Waals surface area contributed by atoms with Crippen molar-refractivity contribution in [1.82, 2.24) is 0 Å². The van der Waals surface area contributed by atoms with Crippen LogP contribution < -0.4 is 0 Å². The van der Waals surface area contributed by atoms with Crippen molar-refractivity contribution in [2.45, 2.75) is 25.4 Å². The van der Waals surface area contributed by atoms with E-state index in [2.05, 4.69) is 4.74 Å². The van der Waals surface area contributed by atoms with Crippen molar-refractivity contribution in [3.05, 3.63) is 0 Å². The molecule has 4 heteroatoms. The second kappa shape index (κ2) is 2.84. The largest absolute Gasteiger partial charge is 0.390 e. The average molecular weight is 148 g/mol. The third-order valence-electron chi connectivity index (χ3n) is 1.88. The Morgan fingerprint density at radius 3 is 2.40 bits per heavy atom. The lowest BCUT2D eigenvalue weighted by Crippen LogP contribution is -2.47. The molecular formula is C6H12O4. The molecule has 1 fully saturated rings. The van der Waals surface area contributed by atoms with E-state index in [0.29, 0.717) is 0 Å². The van der Waals surface area contributed by atoms with Crippen LogP contribution in [0.15, 0.2) is 0 Å². The fourth-order valence-electron chi connectivity index (χ4n) is 0.935. The molecule has 0 aliphatic carbocycles. The molecule has 0 aromatic rings. The zero-order valence-corrected chi connectivity index (χ0v) is 5.77. The van der Waals surface area contributed by atoms with E-state index in [0.717, 1.165) is 0 Å². The summed E-state index contributed by atoms with van der Waals surface area (Å²) in [5, 5.41) is 27.0. The van der Waals surface area contributed by atoms with Crippen LogP contribution in [-0.2, 0) is 4.74 Å². The fraction of sp³-hybridized carbons (Fsp3) is 1.00. The van der Waals surface area contributed by atoms with Crippen molar-refractivity contribution in [3.63, 3.8) is 0 Å². The molecule has 60 valence electrons. The molecule has 0 bridgehead atoms. The Labute approximate surface area is 59.1 Å². The first-order valence-corrected chi connectivity index (χ1v) is 3.28. The molecule has 1 aliphatic heterocycles. The molecule has 4 atom stereocenters. The molecule has 3 N–H and O–H groups in total. The lowest BCUT2D eigenvalue weighted by Gasteiger charge is -2.33.